The molecular formula is C13H17N5. The summed E-state index contributed by atoms with van der Waals surface area (Å²) in [6, 6.07) is 2.69. The largest absolute Gasteiger partial charge is 0.365 e. The number of nitrogens with one attached hydrogen (secondary N) is 3. The molecule has 2 aliphatic heterocycles. The van der Waals surface area contributed by atoms with E-state index in [4.69, 9.17) is 0 Å². The third kappa shape index (κ3) is 1.28. The minimum Gasteiger partial charge on any atom is -0.365 e. The van der Waals surface area contributed by atoms with Gasteiger partial charge in [0.05, 0.1) is 24.2 Å². The van der Waals surface area contributed by atoms with Crippen LogP contribution in [0.5, 0.6) is 0 Å². The van der Waals surface area contributed by atoms with Crippen molar-refractivity contribution in [1.82, 2.24) is 15.3 Å². The molecule has 3 N–H and O–H groups in total. The highest BCUT2D eigenvalue weighted by Gasteiger charge is 2.34. The molecule has 0 radical (unpaired) electrons. The molecule has 2 aliphatic rings. The van der Waals surface area contributed by atoms with Gasteiger partial charge >= 0.3 is 0 Å². The zero-order valence-corrected chi connectivity index (χ0v) is 10.4. The van der Waals surface area contributed by atoms with Gasteiger partial charge in [-0.1, -0.05) is 6.92 Å². The Bertz CT molecular complexity index is 590. The summed E-state index contributed by atoms with van der Waals surface area (Å²) < 4.78 is 0. The minimum absolute atomic E-state index is 0.569. The lowest BCUT2D eigenvalue weighted by molar-refractivity contribution is 0.531. The molecule has 1 fully saturated rings. The molecule has 4 heterocycles. The normalized spacial score (nSPS) is 26.6. The fraction of sp³-hybridized carbons (Fsp3) is 0.462. The third-order valence-corrected chi connectivity index (χ3v) is 4.16. The van der Waals surface area contributed by atoms with Crippen LogP contribution in [0.4, 0.5) is 11.4 Å². The predicted molar refractivity (Wildman–Crippen MR) is 72.9 cm³/mol. The second-order valence-corrected chi connectivity index (χ2v) is 5.27. The van der Waals surface area contributed by atoms with Crippen LogP contribution in [-0.2, 0) is 0 Å². The van der Waals surface area contributed by atoms with E-state index in [0.29, 0.717) is 12.0 Å². The molecule has 94 valence electrons. The average Bonchev–Trinajstić information content (AvgIpc) is 3.04. The maximum Gasteiger partial charge on any atom is 0.139 e. The zero-order chi connectivity index (χ0) is 12.1. The van der Waals surface area contributed by atoms with Gasteiger partial charge in [0.2, 0.25) is 0 Å². The average molecular weight is 243 g/mol. The van der Waals surface area contributed by atoms with Crippen molar-refractivity contribution < 1.29 is 0 Å². The summed E-state index contributed by atoms with van der Waals surface area (Å²) in [6.45, 7) is 5.38. The summed E-state index contributed by atoms with van der Waals surface area (Å²) >= 11 is 0. The highest BCUT2D eigenvalue weighted by Crippen LogP contribution is 2.39. The molecular weight excluding hydrogens is 226 g/mol. The van der Waals surface area contributed by atoms with Crippen molar-refractivity contribution in [2.45, 2.75) is 13.0 Å². The molecule has 2 atom stereocenters. The minimum atomic E-state index is 0.569. The molecule has 0 aromatic carbocycles. The fourth-order valence-corrected chi connectivity index (χ4v) is 3.18. The molecule has 0 bridgehead atoms. The first-order chi connectivity index (χ1) is 8.84. The molecule has 4 rings (SSSR count). The van der Waals surface area contributed by atoms with E-state index >= 15 is 0 Å². The Morgan fingerprint density at radius 2 is 2.33 bits per heavy atom. The lowest BCUT2D eigenvalue weighted by Gasteiger charge is -2.28. The molecule has 5 nitrogen and oxygen atoms in total. The molecule has 0 amide bonds. The quantitative estimate of drug-likeness (QED) is 0.708. The molecule has 18 heavy (non-hydrogen) atoms. The smallest absolute Gasteiger partial charge is 0.139 e. The summed E-state index contributed by atoms with van der Waals surface area (Å²) in [6.07, 6.45) is 3.89. The number of rotatable bonds is 1. The van der Waals surface area contributed by atoms with E-state index in [1.54, 1.807) is 0 Å². The van der Waals surface area contributed by atoms with Crippen molar-refractivity contribution in [2.24, 2.45) is 5.92 Å². The number of anilines is 2. The molecule has 0 saturated carbocycles. The van der Waals surface area contributed by atoms with E-state index in [9.17, 15) is 0 Å². The van der Waals surface area contributed by atoms with Crippen LogP contribution in [-0.4, -0.2) is 35.8 Å². The maximum atomic E-state index is 4.43. The molecule has 0 spiro atoms. The number of pyridine rings is 1. The van der Waals surface area contributed by atoms with Crippen LogP contribution in [0.2, 0.25) is 0 Å². The number of aromatic nitrogens is 2. The predicted octanol–water partition coefficient (Wildman–Crippen LogP) is 1.36. The van der Waals surface area contributed by atoms with E-state index in [2.05, 4.69) is 38.5 Å². The number of hydrogen-bond acceptors (Lipinski definition) is 4. The van der Waals surface area contributed by atoms with Gasteiger partial charge in [0.1, 0.15) is 5.65 Å². The van der Waals surface area contributed by atoms with Gasteiger partial charge in [0, 0.05) is 24.2 Å². The Hall–Kier alpha value is -1.75. The summed E-state index contributed by atoms with van der Waals surface area (Å²) in [5.41, 5.74) is 3.43. The fourth-order valence-electron chi connectivity index (χ4n) is 3.18. The van der Waals surface area contributed by atoms with Crippen LogP contribution in [0.1, 0.15) is 6.92 Å². The van der Waals surface area contributed by atoms with Crippen molar-refractivity contribution in [2.75, 3.05) is 30.0 Å². The molecule has 0 unspecified atom stereocenters. The molecule has 0 aliphatic carbocycles. The monoisotopic (exact) mass is 243 g/mol. The second-order valence-electron chi connectivity index (χ2n) is 5.27. The third-order valence-electron chi connectivity index (χ3n) is 4.16. The van der Waals surface area contributed by atoms with Crippen molar-refractivity contribution in [3.05, 3.63) is 18.5 Å². The molecule has 2 aromatic heterocycles. The zero-order valence-electron chi connectivity index (χ0n) is 10.4. The van der Waals surface area contributed by atoms with Crippen molar-refractivity contribution in [3.8, 4) is 0 Å². The summed E-state index contributed by atoms with van der Waals surface area (Å²) in [7, 11) is 0. The summed E-state index contributed by atoms with van der Waals surface area (Å²) in [4.78, 5) is 10.1. The van der Waals surface area contributed by atoms with E-state index in [0.717, 1.165) is 31.1 Å². The van der Waals surface area contributed by atoms with Gasteiger partial charge in [0.25, 0.3) is 0 Å². The van der Waals surface area contributed by atoms with Gasteiger partial charge in [-0.25, -0.2) is 4.98 Å². The van der Waals surface area contributed by atoms with E-state index in [-0.39, 0.29) is 0 Å². The number of H-pyrrole nitrogens is 1. The Balaban J connectivity index is 1.84. The van der Waals surface area contributed by atoms with Crippen LogP contribution < -0.4 is 15.5 Å². The molecule has 1 saturated heterocycles. The van der Waals surface area contributed by atoms with Crippen LogP contribution >= 0.6 is 0 Å². The Morgan fingerprint density at radius 1 is 1.39 bits per heavy atom. The van der Waals surface area contributed by atoms with Crippen molar-refractivity contribution in [3.63, 3.8) is 0 Å². The van der Waals surface area contributed by atoms with Gasteiger partial charge in [-0.15, -0.1) is 0 Å². The number of fused-ring (bicyclic) bond motifs is 3. The first-order valence-electron chi connectivity index (χ1n) is 6.52. The Kier molecular flexibility index (Phi) is 2.05. The van der Waals surface area contributed by atoms with Crippen LogP contribution in [0.25, 0.3) is 11.0 Å². The first-order valence-corrected chi connectivity index (χ1v) is 6.52. The van der Waals surface area contributed by atoms with E-state index < -0.39 is 0 Å². The van der Waals surface area contributed by atoms with Crippen LogP contribution in [0, 0.1) is 5.92 Å². The van der Waals surface area contributed by atoms with Crippen LogP contribution in [0.15, 0.2) is 18.5 Å². The van der Waals surface area contributed by atoms with Gasteiger partial charge in [-0.3, -0.25) is 0 Å². The van der Waals surface area contributed by atoms with E-state index in [1.165, 1.54) is 11.1 Å². The highest BCUT2D eigenvalue weighted by atomic mass is 15.3. The van der Waals surface area contributed by atoms with Crippen molar-refractivity contribution in [1.29, 1.82) is 0 Å². The Labute approximate surface area is 106 Å². The number of hydrogen-bond donors (Lipinski definition) is 3. The van der Waals surface area contributed by atoms with Crippen molar-refractivity contribution >= 4 is 22.4 Å². The topological polar surface area (TPSA) is 56.0 Å². The first kappa shape index (κ1) is 10.2. The summed E-state index contributed by atoms with van der Waals surface area (Å²) in [5, 5.41) is 8.15. The standard InChI is InChI=1S/C13H17N5/c1-8-4-14-6-11(8)18-7-17-10-5-16-13-9(12(10)18)2-3-15-13/h2-3,5,8,11,14,17H,4,6-7H2,1H3,(H,15,16)/t8-,11-/m1/s1. The Morgan fingerprint density at radius 3 is 3.17 bits per heavy atom. The molecule has 2 aromatic rings. The second kappa shape index (κ2) is 3.62. The number of aromatic amines is 1. The lowest BCUT2D eigenvalue weighted by Crippen LogP contribution is -2.40. The van der Waals surface area contributed by atoms with Gasteiger partial charge in [-0.2, -0.15) is 0 Å². The SMILES string of the molecule is C[C@@H]1CNC[C@H]1N1CNc2cnc3[nH]ccc3c21. The maximum absolute atomic E-state index is 4.43. The number of nitrogens with zero attached hydrogens (tertiary/aromatic N) is 2. The highest BCUT2D eigenvalue weighted by molar-refractivity contribution is 5.98. The van der Waals surface area contributed by atoms with Gasteiger partial charge in [-0.05, 0) is 18.5 Å². The van der Waals surface area contributed by atoms with Gasteiger partial charge in [0.15, 0.2) is 0 Å². The summed E-state index contributed by atoms with van der Waals surface area (Å²) in [5.74, 6) is 0.680. The van der Waals surface area contributed by atoms with Gasteiger partial charge < -0.3 is 20.5 Å². The van der Waals surface area contributed by atoms with E-state index in [1.807, 2.05) is 12.4 Å². The van der Waals surface area contributed by atoms with Crippen LogP contribution in [0.3, 0.4) is 0 Å². The lowest BCUT2D eigenvalue weighted by atomic mass is 10.0. The molecule has 5 heteroatoms.